The third kappa shape index (κ3) is 5.30. The van der Waals surface area contributed by atoms with E-state index in [1.165, 1.54) is 19.2 Å². The fraction of sp³-hybridized carbons (Fsp3) is 0.333. The summed E-state index contributed by atoms with van der Waals surface area (Å²) >= 11 is 0. The minimum absolute atomic E-state index is 0.0596. The Balaban J connectivity index is 1.92. The van der Waals surface area contributed by atoms with Gasteiger partial charge in [0.15, 0.2) is 18.0 Å². The summed E-state index contributed by atoms with van der Waals surface area (Å²) in [5.41, 5.74) is -6.63. The summed E-state index contributed by atoms with van der Waals surface area (Å²) in [5, 5.41) is 2.30. The zero-order valence-electron chi connectivity index (χ0n) is 25.1. The minimum Gasteiger partial charge on any atom is -0.497 e. The van der Waals surface area contributed by atoms with E-state index in [1.807, 2.05) is 0 Å². The molecule has 2 heterocycles. The van der Waals surface area contributed by atoms with Crippen LogP contribution in [0.4, 0.5) is 40.8 Å². The van der Waals surface area contributed by atoms with Gasteiger partial charge in [0, 0.05) is 19.5 Å². The Hall–Kier alpha value is -4.45. The summed E-state index contributed by atoms with van der Waals surface area (Å²) < 4.78 is 151. The lowest BCUT2D eigenvalue weighted by Gasteiger charge is -2.48. The van der Waals surface area contributed by atoms with Crippen LogP contribution in [0.3, 0.4) is 0 Å². The second-order valence-corrected chi connectivity index (χ2v) is 13.0. The Morgan fingerprint density at radius 2 is 1.69 bits per heavy atom. The van der Waals surface area contributed by atoms with E-state index in [0.29, 0.717) is 30.3 Å². The van der Waals surface area contributed by atoms with Crippen molar-refractivity contribution in [2.75, 3.05) is 32.1 Å². The number of sulfonamides is 1. The van der Waals surface area contributed by atoms with Gasteiger partial charge in [-0.05, 0) is 42.5 Å². The molecule has 0 saturated carbocycles. The highest BCUT2D eigenvalue weighted by Gasteiger charge is 2.72. The van der Waals surface area contributed by atoms with Gasteiger partial charge >= 0.3 is 18.4 Å². The third-order valence-corrected chi connectivity index (χ3v) is 10.4. The molecule has 0 aliphatic carbocycles. The largest absolute Gasteiger partial charge is 0.573 e. The zero-order chi connectivity index (χ0) is 35.6. The molecule has 5 rings (SSSR count). The molecule has 258 valence electrons. The van der Waals surface area contributed by atoms with E-state index in [-0.39, 0.29) is 10.1 Å². The van der Waals surface area contributed by atoms with E-state index in [1.54, 1.807) is 0 Å². The van der Waals surface area contributed by atoms with E-state index in [0.717, 1.165) is 32.4 Å². The van der Waals surface area contributed by atoms with E-state index in [9.17, 15) is 39.6 Å². The van der Waals surface area contributed by atoms with Gasteiger partial charge in [-0.1, -0.05) is 12.1 Å². The first-order valence-corrected chi connectivity index (χ1v) is 15.4. The molecule has 2 unspecified atom stereocenters. The number of carbonyl (C=O) groups excluding carboxylic acids is 2. The molecule has 9 nitrogen and oxygen atoms in total. The van der Waals surface area contributed by atoms with Crippen molar-refractivity contribution in [1.29, 1.82) is 0 Å². The number of likely N-dealkylation sites (tertiary alicyclic amines) is 1. The first-order chi connectivity index (χ1) is 22.2. The number of nitrogens with zero attached hydrogens (tertiary/aromatic N) is 2. The summed E-state index contributed by atoms with van der Waals surface area (Å²) in [7, 11) is -2.25. The number of anilines is 1. The van der Waals surface area contributed by atoms with E-state index in [4.69, 9.17) is 4.74 Å². The maximum atomic E-state index is 16.0. The lowest BCUT2D eigenvalue weighted by molar-refractivity contribution is -0.953. The molecule has 0 radical (unpaired) electrons. The average Bonchev–Trinajstić information content (AvgIpc) is 3.46. The summed E-state index contributed by atoms with van der Waals surface area (Å²) in [6.45, 7) is -0.785. The van der Waals surface area contributed by atoms with Crippen molar-refractivity contribution in [3.05, 3.63) is 83.2 Å². The van der Waals surface area contributed by atoms with Crippen LogP contribution in [0.15, 0.2) is 65.6 Å². The Morgan fingerprint density at radius 1 is 1.02 bits per heavy atom. The van der Waals surface area contributed by atoms with Gasteiger partial charge in [0.25, 0.3) is 15.9 Å². The van der Waals surface area contributed by atoms with Crippen molar-refractivity contribution >= 4 is 27.5 Å². The van der Waals surface area contributed by atoms with Crippen molar-refractivity contribution < 1.29 is 67.1 Å². The van der Waals surface area contributed by atoms with E-state index >= 15 is 13.6 Å². The number of ether oxygens (including phenoxy) is 2. The topological polar surface area (TPSA) is 102 Å². The number of hydrogen-bond donors (Lipinski definition) is 1. The molecular formula is C30H26F8N3O6S+. The van der Waals surface area contributed by atoms with Crippen LogP contribution in [-0.4, -0.2) is 71.0 Å². The van der Waals surface area contributed by atoms with Gasteiger partial charge in [-0.25, -0.2) is 17.2 Å². The van der Waals surface area contributed by atoms with Crippen molar-refractivity contribution in [1.82, 2.24) is 5.32 Å². The molecular weight excluding hydrogens is 682 g/mol. The maximum absolute atomic E-state index is 16.0. The molecule has 2 amide bonds. The third-order valence-electron chi connectivity index (χ3n) is 8.64. The molecule has 0 bridgehead atoms. The average molecular weight is 709 g/mol. The first-order valence-electron chi connectivity index (χ1n) is 13.9. The summed E-state index contributed by atoms with van der Waals surface area (Å²) in [6, 6.07) is 6.10. The first kappa shape index (κ1) is 34.9. The number of amides is 2. The van der Waals surface area contributed by atoms with Crippen LogP contribution < -0.4 is 19.1 Å². The number of halogens is 8. The molecule has 3 aromatic carbocycles. The molecule has 1 saturated heterocycles. The zero-order valence-corrected chi connectivity index (χ0v) is 25.9. The van der Waals surface area contributed by atoms with E-state index < -0.39 is 108 Å². The fourth-order valence-corrected chi connectivity index (χ4v) is 8.26. The SMILES string of the molecule is CNC(=O)[C@@H]1C[C@@H](F)C[N+]1(C)C1(c2ccccc2F)C(=O)N(S(=O)(=O)c2ccc(OC)cc2OC(F)(F)F)c2ccc(C(F)(F)F)cc21. The molecule has 1 fully saturated rings. The molecule has 2 aliphatic heterocycles. The van der Waals surface area contributed by atoms with Crippen LogP contribution in [0.2, 0.25) is 0 Å². The number of nitrogens with one attached hydrogen (secondary N) is 1. The fourth-order valence-electron chi connectivity index (χ4n) is 6.70. The predicted octanol–water partition coefficient (Wildman–Crippen LogP) is 5.03. The number of likely N-dealkylation sites (N-methyl/N-ethyl adjacent to an activating group) is 2. The predicted molar refractivity (Wildman–Crippen MR) is 151 cm³/mol. The summed E-state index contributed by atoms with van der Waals surface area (Å²) in [4.78, 5) is 27.0. The lowest BCUT2D eigenvalue weighted by atomic mass is 9.78. The van der Waals surface area contributed by atoms with Crippen molar-refractivity contribution in [3.8, 4) is 11.5 Å². The number of alkyl halides is 7. The van der Waals surface area contributed by atoms with E-state index in [2.05, 4.69) is 10.1 Å². The number of carbonyl (C=O) groups is 2. The number of fused-ring (bicyclic) bond motifs is 1. The smallest absolute Gasteiger partial charge is 0.497 e. The number of quaternary nitrogens is 1. The van der Waals surface area contributed by atoms with Crippen molar-refractivity contribution in [3.63, 3.8) is 0 Å². The summed E-state index contributed by atoms with van der Waals surface area (Å²) in [6.07, 6.45) is -13.1. The van der Waals surface area contributed by atoms with Crippen molar-refractivity contribution in [2.45, 2.75) is 41.6 Å². The number of hydrogen-bond acceptors (Lipinski definition) is 6. The molecule has 0 aromatic heterocycles. The molecule has 0 spiro atoms. The highest BCUT2D eigenvalue weighted by Crippen LogP contribution is 2.57. The Kier molecular flexibility index (Phi) is 8.43. The molecule has 18 heteroatoms. The lowest BCUT2D eigenvalue weighted by Crippen LogP contribution is -2.69. The number of benzene rings is 3. The van der Waals surface area contributed by atoms with Crippen LogP contribution in [0, 0.1) is 5.82 Å². The monoisotopic (exact) mass is 708 g/mol. The number of methoxy groups -OCH3 is 1. The quantitative estimate of drug-likeness (QED) is 0.273. The molecule has 2 aliphatic rings. The Labute approximate surface area is 268 Å². The second-order valence-electron chi connectivity index (χ2n) is 11.3. The highest BCUT2D eigenvalue weighted by atomic mass is 32.2. The molecule has 1 N–H and O–H groups in total. The van der Waals surface area contributed by atoms with Crippen molar-refractivity contribution in [2.24, 2.45) is 0 Å². The molecule has 48 heavy (non-hydrogen) atoms. The maximum Gasteiger partial charge on any atom is 0.573 e. The van der Waals surface area contributed by atoms with Crippen LogP contribution in [0.1, 0.15) is 23.1 Å². The second kappa shape index (κ2) is 11.6. The van der Waals surface area contributed by atoms with Crippen LogP contribution in [-0.2, 0) is 31.3 Å². The van der Waals surface area contributed by atoms with Gasteiger partial charge in [0.05, 0.1) is 36.5 Å². The van der Waals surface area contributed by atoms with Gasteiger partial charge in [-0.3, -0.25) is 14.1 Å². The van der Waals surface area contributed by atoms with Gasteiger partial charge < -0.3 is 14.8 Å². The Bertz CT molecular complexity index is 1900. The van der Waals surface area contributed by atoms with Crippen LogP contribution >= 0.6 is 0 Å². The van der Waals surface area contributed by atoms with Gasteiger partial charge in [0.1, 0.15) is 23.0 Å². The standard InChI is InChI=1S/C30H25F8N3O6S/c1-39-26(42)23-13-17(31)15-41(23,2)28(19-6-4-5-7-21(19)32)20-12-16(29(33,34)35)8-10-22(20)40(27(28)43)48(44,45)25-11-9-18(46-3)14-24(25)47-30(36,37)38/h4-12,14,17,23H,13,15H2,1-3H3/p+1/t17-,23+,28?,41?/m1/s1. The highest BCUT2D eigenvalue weighted by molar-refractivity contribution is 7.93. The Morgan fingerprint density at radius 3 is 2.27 bits per heavy atom. The normalized spacial score (nSPS) is 24.4. The molecule has 4 atom stereocenters. The van der Waals surface area contributed by atoms with Crippen LogP contribution in [0.25, 0.3) is 0 Å². The van der Waals surface area contributed by atoms with Crippen LogP contribution in [0.5, 0.6) is 11.5 Å². The van der Waals surface area contributed by atoms with Gasteiger partial charge in [0.2, 0.25) is 5.54 Å². The minimum atomic E-state index is -5.59. The molecule has 3 aromatic rings. The van der Waals surface area contributed by atoms with Gasteiger partial charge in [-0.2, -0.15) is 17.5 Å². The van der Waals surface area contributed by atoms with Gasteiger partial charge in [-0.15, -0.1) is 13.2 Å². The summed E-state index contributed by atoms with van der Waals surface area (Å²) in [5.74, 6) is -5.46. The number of rotatable bonds is 7.